The van der Waals surface area contributed by atoms with Crippen molar-refractivity contribution < 1.29 is 9.18 Å². The smallest absolute Gasteiger partial charge is 0.323 e. The van der Waals surface area contributed by atoms with Crippen LogP contribution in [0.25, 0.3) is 16.0 Å². The van der Waals surface area contributed by atoms with Crippen LogP contribution in [0.3, 0.4) is 0 Å². The molecule has 8 nitrogen and oxygen atoms in total. The number of thiophene rings is 2. The lowest BCUT2D eigenvalue weighted by Gasteiger charge is -2.06. The van der Waals surface area contributed by atoms with E-state index in [0.29, 0.717) is 10.2 Å². The summed E-state index contributed by atoms with van der Waals surface area (Å²) in [6, 6.07) is 9.01. The van der Waals surface area contributed by atoms with Gasteiger partial charge in [-0.05, 0) is 41.1 Å². The summed E-state index contributed by atoms with van der Waals surface area (Å²) < 4.78 is 17.4. The first-order valence-corrected chi connectivity index (χ1v) is 11.4. The molecular formula is C20H13ClFN5O3S2. The highest BCUT2D eigenvalue weighted by molar-refractivity contribution is 7.17. The van der Waals surface area contributed by atoms with E-state index in [1.807, 2.05) is 17.5 Å². The van der Waals surface area contributed by atoms with Crippen molar-refractivity contribution in [2.45, 2.75) is 13.1 Å². The van der Waals surface area contributed by atoms with Crippen molar-refractivity contribution in [2.24, 2.45) is 0 Å². The monoisotopic (exact) mass is 489 g/mol. The molecule has 4 heterocycles. The maximum absolute atomic E-state index is 13.2. The molecule has 0 aliphatic heterocycles. The maximum atomic E-state index is 13.2. The van der Waals surface area contributed by atoms with Gasteiger partial charge in [0.2, 0.25) is 11.7 Å². The first-order chi connectivity index (χ1) is 15.4. The van der Waals surface area contributed by atoms with Crippen LogP contribution in [-0.4, -0.2) is 24.7 Å². The molecule has 1 N–H and O–H groups in total. The molecule has 0 aliphatic rings. The third-order valence-electron chi connectivity index (χ3n) is 4.78. The Kier molecular flexibility index (Phi) is 5.16. The molecule has 0 saturated heterocycles. The molecule has 0 fully saturated rings. The van der Waals surface area contributed by atoms with Gasteiger partial charge in [0.05, 0.1) is 22.8 Å². The average Bonchev–Trinajstić information content (AvgIpc) is 3.49. The molecule has 0 aliphatic carbocycles. The largest absolute Gasteiger partial charge is 0.352 e. The van der Waals surface area contributed by atoms with Gasteiger partial charge in [0.15, 0.2) is 0 Å². The molecule has 162 valence electrons. The minimum Gasteiger partial charge on any atom is -0.323 e. The fourth-order valence-corrected chi connectivity index (χ4v) is 5.09. The third-order valence-corrected chi connectivity index (χ3v) is 6.85. The van der Waals surface area contributed by atoms with E-state index < -0.39 is 24.0 Å². The van der Waals surface area contributed by atoms with Crippen LogP contribution in [0.1, 0.15) is 4.88 Å². The molecule has 5 aromatic rings. The van der Waals surface area contributed by atoms with E-state index in [4.69, 9.17) is 11.6 Å². The van der Waals surface area contributed by atoms with Crippen LogP contribution in [-0.2, 0) is 17.9 Å². The maximum Gasteiger partial charge on any atom is 0.352 e. The first-order valence-electron chi connectivity index (χ1n) is 9.29. The van der Waals surface area contributed by atoms with E-state index in [0.717, 1.165) is 21.7 Å². The quantitative estimate of drug-likeness (QED) is 0.409. The zero-order valence-corrected chi connectivity index (χ0v) is 18.5. The van der Waals surface area contributed by atoms with Gasteiger partial charge in [-0.3, -0.25) is 14.2 Å². The van der Waals surface area contributed by atoms with Gasteiger partial charge >= 0.3 is 5.69 Å². The summed E-state index contributed by atoms with van der Waals surface area (Å²) in [4.78, 5) is 39.6. The van der Waals surface area contributed by atoms with Crippen LogP contribution in [0, 0.1) is 5.82 Å². The molecule has 5 rings (SSSR count). The Labute approximate surface area is 191 Å². The predicted octanol–water partition coefficient (Wildman–Crippen LogP) is 3.41. The minimum absolute atomic E-state index is 0.0328. The molecule has 0 unspecified atom stereocenters. The number of carbonyl (C=O) groups is 1. The van der Waals surface area contributed by atoms with Gasteiger partial charge in [-0.1, -0.05) is 17.7 Å². The zero-order chi connectivity index (χ0) is 22.4. The van der Waals surface area contributed by atoms with E-state index in [2.05, 4.69) is 10.4 Å². The summed E-state index contributed by atoms with van der Waals surface area (Å²) in [7, 11) is 0. The molecular weight excluding hydrogens is 477 g/mol. The van der Waals surface area contributed by atoms with E-state index in [1.165, 1.54) is 37.7 Å². The van der Waals surface area contributed by atoms with Gasteiger partial charge in [-0.2, -0.15) is 0 Å². The molecule has 32 heavy (non-hydrogen) atoms. The lowest BCUT2D eigenvalue weighted by Crippen LogP contribution is -2.29. The summed E-state index contributed by atoms with van der Waals surface area (Å²) in [5.74, 6) is -0.960. The molecule has 1 aromatic carbocycles. The van der Waals surface area contributed by atoms with Crippen molar-refractivity contribution in [3.63, 3.8) is 0 Å². The predicted molar refractivity (Wildman–Crippen MR) is 123 cm³/mol. The second kappa shape index (κ2) is 8.01. The number of nitrogens with one attached hydrogen (secondary N) is 1. The van der Waals surface area contributed by atoms with E-state index >= 15 is 0 Å². The van der Waals surface area contributed by atoms with Gasteiger partial charge in [0.1, 0.15) is 17.1 Å². The van der Waals surface area contributed by atoms with Crippen LogP contribution in [0.15, 0.2) is 56.7 Å². The topological polar surface area (TPSA) is 90.4 Å². The summed E-state index contributed by atoms with van der Waals surface area (Å²) >= 11 is 8.68. The summed E-state index contributed by atoms with van der Waals surface area (Å²) in [5, 5.41) is 10.5. The zero-order valence-electron chi connectivity index (χ0n) is 16.1. The van der Waals surface area contributed by atoms with Gasteiger partial charge in [-0.25, -0.2) is 18.3 Å². The molecule has 0 bridgehead atoms. The van der Waals surface area contributed by atoms with E-state index in [9.17, 15) is 18.8 Å². The number of nitrogens with zero attached hydrogens (tertiary/aromatic N) is 4. The van der Waals surface area contributed by atoms with Gasteiger partial charge in [0.25, 0.3) is 5.56 Å². The normalized spacial score (nSPS) is 11.4. The Bertz CT molecular complexity index is 1600. The molecule has 4 aromatic heterocycles. The number of rotatable bonds is 5. The number of aromatic nitrogens is 4. The van der Waals surface area contributed by atoms with Gasteiger partial charge in [0, 0.05) is 4.88 Å². The second-order valence-electron chi connectivity index (χ2n) is 6.85. The van der Waals surface area contributed by atoms with E-state index in [-0.39, 0.29) is 28.6 Å². The molecule has 0 spiro atoms. The number of halogens is 2. The Morgan fingerprint density at radius 3 is 2.75 bits per heavy atom. The van der Waals surface area contributed by atoms with Crippen LogP contribution in [0.2, 0.25) is 5.02 Å². The molecule has 0 radical (unpaired) electrons. The summed E-state index contributed by atoms with van der Waals surface area (Å²) in [5.41, 5.74) is -0.153. The van der Waals surface area contributed by atoms with Crippen molar-refractivity contribution in [1.29, 1.82) is 0 Å². The molecule has 0 saturated carbocycles. The van der Waals surface area contributed by atoms with Crippen LogP contribution in [0.5, 0.6) is 0 Å². The van der Waals surface area contributed by atoms with Crippen LogP contribution < -0.4 is 16.6 Å². The Morgan fingerprint density at radius 2 is 2.00 bits per heavy atom. The highest BCUT2D eigenvalue weighted by Gasteiger charge is 2.20. The lowest BCUT2D eigenvalue weighted by molar-refractivity contribution is -0.117. The summed E-state index contributed by atoms with van der Waals surface area (Å²) in [6.45, 7) is -0.158. The van der Waals surface area contributed by atoms with Gasteiger partial charge < -0.3 is 5.32 Å². The Balaban J connectivity index is 1.57. The average molecular weight is 490 g/mol. The van der Waals surface area contributed by atoms with Crippen LogP contribution >= 0.6 is 34.3 Å². The third kappa shape index (κ3) is 3.53. The van der Waals surface area contributed by atoms with Crippen molar-refractivity contribution in [3.05, 3.63) is 83.7 Å². The summed E-state index contributed by atoms with van der Waals surface area (Å²) in [6.07, 6.45) is 0. The number of carbonyl (C=O) groups excluding carboxylic acids is 1. The number of fused-ring (bicyclic) bond motifs is 3. The number of hydrogen-bond donors (Lipinski definition) is 1. The highest BCUT2D eigenvalue weighted by atomic mass is 35.5. The standard InChI is InChI=1S/C20H13ClFN5O3S2/c21-13-8-11(22)3-4-14(13)23-16(28)10-26-20(30)27-15-5-7-32-17(15)18(29)25(19(27)24-26)9-12-2-1-6-31-12/h1-8H,9-10H2,(H,23,28). The highest BCUT2D eigenvalue weighted by Crippen LogP contribution is 2.22. The second-order valence-corrected chi connectivity index (χ2v) is 9.21. The Hall–Kier alpha value is -3.28. The number of hydrogen-bond acceptors (Lipinski definition) is 6. The van der Waals surface area contributed by atoms with Gasteiger partial charge in [-0.15, -0.1) is 27.8 Å². The fourth-order valence-electron chi connectivity index (χ4n) is 3.35. The molecule has 12 heteroatoms. The first kappa shape index (κ1) is 20.6. The van der Waals surface area contributed by atoms with Crippen LogP contribution in [0.4, 0.5) is 10.1 Å². The fraction of sp³-hybridized carbons (Fsp3) is 0.100. The Morgan fingerprint density at radius 1 is 1.16 bits per heavy atom. The number of amides is 1. The SMILES string of the molecule is O=C(Cn1nc2n(Cc3cccs3)c(=O)c3sccc3n2c1=O)Nc1ccc(F)cc1Cl. The van der Waals surface area contributed by atoms with E-state index in [1.54, 1.807) is 11.4 Å². The van der Waals surface area contributed by atoms with Crippen molar-refractivity contribution in [1.82, 2.24) is 18.7 Å². The van der Waals surface area contributed by atoms with Crippen molar-refractivity contribution in [3.8, 4) is 0 Å². The van der Waals surface area contributed by atoms with Crippen molar-refractivity contribution >= 4 is 61.9 Å². The molecule has 0 atom stereocenters. The number of benzene rings is 1. The molecule has 1 amide bonds. The van der Waals surface area contributed by atoms with Crippen molar-refractivity contribution in [2.75, 3.05) is 5.32 Å². The minimum atomic E-state index is -0.572. The number of anilines is 1. The lowest BCUT2D eigenvalue weighted by atomic mass is 10.3.